The fourth-order valence-corrected chi connectivity index (χ4v) is 4.84. The van der Waals surface area contributed by atoms with Crippen molar-refractivity contribution in [3.8, 4) is 5.75 Å². The maximum atomic E-state index is 13.0. The zero-order chi connectivity index (χ0) is 24.1. The first-order valence-electron chi connectivity index (χ1n) is 11.0. The second kappa shape index (κ2) is 11.1. The van der Waals surface area contributed by atoms with E-state index in [1.165, 1.54) is 17.3 Å². The van der Waals surface area contributed by atoms with Crippen LogP contribution in [0.3, 0.4) is 0 Å². The Hall–Kier alpha value is -2.73. The van der Waals surface area contributed by atoms with Gasteiger partial charge in [-0.25, -0.2) is 4.99 Å². The minimum Gasteiger partial charge on any atom is -0.489 e. The summed E-state index contributed by atoms with van der Waals surface area (Å²) < 4.78 is 5.85. The molecule has 1 amide bonds. The molecular weight excluding hydrogens is 487 g/mol. The third kappa shape index (κ3) is 6.03. The first kappa shape index (κ1) is 24.4. The number of carbonyl (C=O) groups is 1. The predicted octanol–water partition coefficient (Wildman–Crippen LogP) is 7.89. The number of amides is 1. The molecule has 1 fully saturated rings. The molecule has 3 aromatic rings. The Bertz CT molecular complexity index is 1240. The van der Waals surface area contributed by atoms with Crippen LogP contribution in [0.2, 0.25) is 10.0 Å². The Balaban J connectivity index is 1.48. The van der Waals surface area contributed by atoms with Crippen LogP contribution in [0.1, 0.15) is 30.0 Å². The van der Waals surface area contributed by atoms with E-state index in [0.717, 1.165) is 23.2 Å². The third-order valence-electron chi connectivity index (χ3n) is 5.18. The van der Waals surface area contributed by atoms with E-state index < -0.39 is 0 Å². The predicted molar refractivity (Wildman–Crippen MR) is 143 cm³/mol. The first-order chi connectivity index (χ1) is 16.4. The van der Waals surface area contributed by atoms with Gasteiger partial charge in [0.2, 0.25) is 0 Å². The van der Waals surface area contributed by atoms with Crippen molar-refractivity contribution >= 4 is 57.8 Å². The van der Waals surface area contributed by atoms with E-state index in [2.05, 4.69) is 6.92 Å². The summed E-state index contributed by atoms with van der Waals surface area (Å²) in [4.78, 5) is 20.2. The van der Waals surface area contributed by atoms with E-state index in [1.807, 2.05) is 67.6 Å². The van der Waals surface area contributed by atoms with Gasteiger partial charge in [0.05, 0.1) is 10.6 Å². The summed E-state index contributed by atoms with van der Waals surface area (Å²) in [5.74, 6) is 0.697. The van der Waals surface area contributed by atoms with Crippen molar-refractivity contribution in [3.63, 3.8) is 0 Å². The Morgan fingerprint density at radius 3 is 2.44 bits per heavy atom. The zero-order valence-electron chi connectivity index (χ0n) is 18.9. The lowest BCUT2D eigenvalue weighted by atomic mass is 10.2. The number of aryl methyl sites for hydroxylation is 1. The van der Waals surface area contributed by atoms with Gasteiger partial charge >= 0.3 is 0 Å². The normalized spacial score (nSPS) is 16.0. The van der Waals surface area contributed by atoms with Gasteiger partial charge in [0.15, 0.2) is 5.17 Å². The third-order valence-corrected chi connectivity index (χ3v) is 6.77. The summed E-state index contributed by atoms with van der Waals surface area (Å²) in [5, 5.41) is 1.88. The van der Waals surface area contributed by atoms with Crippen LogP contribution >= 0.6 is 35.0 Å². The molecule has 0 aliphatic carbocycles. The molecule has 0 radical (unpaired) electrons. The van der Waals surface area contributed by atoms with Crippen molar-refractivity contribution in [2.45, 2.75) is 26.9 Å². The van der Waals surface area contributed by atoms with E-state index in [-0.39, 0.29) is 5.91 Å². The molecule has 4 rings (SSSR count). The molecule has 4 nitrogen and oxygen atoms in total. The summed E-state index contributed by atoms with van der Waals surface area (Å²) in [6.45, 7) is 5.07. The number of halogens is 2. The Morgan fingerprint density at radius 2 is 1.76 bits per heavy atom. The number of aliphatic imine (C=N–C) groups is 1. The van der Waals surface area contributed by atoms with Crippen LogP contribution in [0, 0.1) is 6.92 Å². The number of rotatable bonds is 7. The smallest absolute Gasteiger partial charge is 0.266 e. The number of hydrogen-bond donors (Lipinski definition) is 0. The Kier molecular flexibility index (Phi) is 7.99. The fraction of sp³-hybridized carbons (Fsp3) is 0.185. The quantitative estimate of drug-likeness (QED) is 0.303. The summed E-state index contributed by atoms with van der Waals surface area (Å²) in [6, 6.07) is 20.9. The maximum absolute atomic E-state index is 13.0. The maximum Gasteiger partial charge on any atom is 0.266 e. The number of ether oxygens (including phenoxy) is 1. The molecule has 0 unspecified atom stereocenters. The monoisotopic (exact) mass is 510 g/mol. The van der Waals surface area contributed by atoms with Crippen LogP contribution in [-0.4, -0.2) is 22.5 Å². The molecule has 1 aliphatic rings. The van der Waals surface area contributed by atoms with Crippen molar-refractivity contribution in [1.29, 1.82) is 0 Å². The molecule has 1 aliphatic heterocycles. The topological polar surface area (TPSA) is 41.9 Å². The van der Waals surface area contributed by atoms with Gasteiger partial charge in [-0.15, -0.1) is 0 Å². The lowest BCUT2D eigenvalue weighted by Crippen LogP contribution is -2.29. The van der Waals surface area contributed by atoms with Gasteiger partial charge < -0.3 is 4.74 Å². The molecule has 0 aromatic heterocycles. The molecule has 0 saturated carbocycles. The van der Waals surface area contributed by atoms with E-state index >= 15 is 0 Å². The average Bonchev–Trinajstić information content (AvgIpc) is 3.10. The Morgan fingerprint density at radius 1 is 1.03 bits per heavy atom. The van der Waals surface area contributed by atoms with Gasteiger partial charge in [-0.1, -0.05) is 66.0 Å². The number of thioether (sulfide) groups is 1. The molecule has 0 bridgehead atoms. The van der Waals surface area contributed by atoms with Crippen LogP contribution < -0.4 is 4.74 Å². The molecule has 7 heteroatoms. The highest BCUT2D eigenvalue weighted by molar-refractivity contribution is 8.18. The first-order valence-corrected chi connectivity index (χ1v) is 12.5. The number of amidine groups is 1. The van der Waals surface area contributed by atoms with Crippen LogP contribution in [0.4, 0.5) is 5.69 Å². The van der Waals surface area contributed by atoms with Crippen molar-refractivity contribution < 1.29 is 9.53 Å². The highest BCUT2D eigenvalue weighted by atomic mass is 35.5. The van der Waals surface area contributed by atoms with Crippen molar-refractivity contribution in [1.82, 2.24) is 4.90 Å². The van der Waals surface area contributed by atoms with Gasteiger partial charge in [-0.3, -0.25) is 9.69 Å². The molecule has 34 heavy (non-hydrogen) atoms. The minimum absolute atomic E-state index is 0.0181. The molecule has 0 N–H and O–H groups in total. The average molecular weight is 511 g/mol. The van der Waals surface area contributed by atoms with Gasteiger partial charge in [-0.05, 0) is 73.1 Å². The van der Waals surface area contributed by atoms with E-state index in [1.54, 1.807) is 17.0 Å². The van der Waals surface area contributed by atoms with E-state index in [0.29, 0.717) is 39.0 Å². The number of carbonyl (C=O) groups excluding carboxylic acids is 1. The van der Waals surface area contributed by atoms with Gasteiger partial charge in [0.25, 0.3) is 5.91 Å². The van der Waals surface area contributed by atoms with E-state index in [4.69, 9.17) is 32.9 Å². The van der Waals surface area contributed by atoms with Crippen molar-refractivity contribution in [2.24, 2.45) is 4.99 Å². The largest absolute Gasteiger partial charge is 0.489 e. The molecule has 0 atom stereocenters. The van der Waals surface area contributed by atoms with Crippen LogP contribution in [0.5, 0.6) is 5.75 Å². The highest BCUT2D eigenvalue weighted by Crippen LogP contribution is 2.34. The second-order valence-electron chi connectivity index (χ2n) is 7.89. The molecule has 3 aromatic carbocycles. The van der Waals surface area contributed by atoms with Crippen molar-refractivity contribution in [2.75, 3.05) is 6.54 Å². The lowest BCUT2D eigenvalue weighted by Gasteiger charge is -2.13. The number of benzene rings is 3. The second-order valence-corrected chi connectivity index (χ2v) is 9.74. The number of nitrogens with zero attached hydrogens (tertiary/aromatic N) is 2. The molecule has 174 valence electrons. The summed E-state index contributed by atoms with van der Waals surface area (Å²) >= 11 is 13.6. The van der Waals surface area contributed by atoms with Gasteiger partial charge in [-0.2, -0.15) is 0 Å². The SMILES string of the molecule is CCCN1C(=O)/C(=C\c2ccc(OCc3ccc(Cl)cc3Cl)cc2)SC1=Nc1ccc(C)cc1. The fourth-order valence-electron chi connectivity index (χ4n) is 3.35. The number of hydrogen-bond acceptors (Lipinski definition) is 4. The summed E-state index contributed by atoms with van der Waals surface area (Å²) in [7, 11) is 0. The standard InChI is InChI=1S/C27H24Cl2N2O2S/c1-3-14-31-26(32)25(34-27(31)30-22-10-4-18(2)5-11-22)15-19-6-12-23(13-7-19)33-17-20-8-9-21(28)16-24(20)29/h4-13,15-16H,3,14,17H2,1-2H3/b25-15+,30-27?. The molecule has 1 heterocycles. The van der Waals surface area contributed by atoms with Gasteiger partial charge in [0.1, 0.15) is 12.4 Å². The van der Waals surface area contributed by atoms with Crippen LogP contribution in [0.25, 0.3) is 6.08 Å². The highest BCUT2D eigenvalue weighted by Gasteiger charge is 2.32. The lowest BCUT2D eigenvalue weighted by molar-refractivity contribution is -0.122. The van der Waals surface area contributed by atoms with Crippen molar-refractivity contribution in [3.05, 3.63) is 98.4 Å². The molecule has 1 saturated heterocycles. The molecule has 0 spiro atoms. The summed E-state index contributed by atoms with van der Waals surface area (Å²) in [6.07, 6.45) is 2.75. The summed E-state index contributed by atoms with van der Waals surface area (Å²) in [5.41, 5.74) is 3.79. The van der Waals surface area contributed by atoms with Crippen LogP contribution in [0.15, 0.2) is 76.6 Å². The minimum atomic E-state index is -0.0181. The van der Waals surface area contributed by atoms with E-state index in [9.17, 15) is 4.79 Å². The van der Waals surface area contributed by atoms with Crippen LogP contribution in [-0.2, 0) is 11.4 Å². The van der Waals surface area contributed by atoms with Gasteiger partial charge in [0, 0.05) is 22.2 Å². The zero-order valence-corrected chi connectivity index (χ0v) is 21.3. The molecular formula is C27H24Cl2N2O2S. The Labute approximate surface area is 214 Å².